The second kappa shape index (κ2) is 5.09. The summed E-state index contributed by atoms with van der Waals surface area (Å²) in [5.41, 5.74) is 0. The third-order valence-electron chi connectivity index (χ3n) is 1.65. The third kappa shape index (κ3) is 3.29. The van der Waals surface area contributed by atoms with Crippen molar-refractivity contribution in [3.05, 3.63) is 39.5 Å². The highest BCUT2D eigenvalue weighted by atomic mass is 79.9. The fourth-order valence-corrected chi connectivity index (χ4v) is 2.32. The first-order valence-electron chi connectivity index (χ1n) is 4.17. The number of thioether (sulfide) groups is 1. The molecule has 15 heavy (non-hydrogen) atoms. The summed E-state index contributed by atoms with van der Waals surface area (Å²) >= 11 is 10.6. The van der Waals surface area contributed by atoms with Crippen molar-refractivity contribution in [3.63, 3.8) is 0 Å². The molecule has 0 unspecified atom stereocenters. The van der Waals surface area contributed by atoms with Crippen LogP contribution >= 0.6 is 39.3 Å². The van der Waals surface area contributed by atoms with Gasteiger partial charge in [-0.3, -0.25) is 0 Å². The normalized spacial score (nSPS) is 10.8. The van der Waals surface area contributed by atoms with E-state index in [0.29, 0.717) is 5.22 Å². The van der Waals surface area contributed by atoms with Crippen molar-refractivity contribution in [1.29, 1.82) is 0 Å². The highest BCUT2D eigenvalue weighted by Crippen LogP contribution is 2.22. The Balaban J connectivity index is 1.80. The monoisotopic (exact) mass is 307 g/mol. The van der Waals surface area contributed by atoms with Crippen LogP contribution in [-0.4, -0.2) is 5.16 Å². The van der Waals surface area contributed by atoms with Gasteiger partial charge in [-0.25, -0.2) is 0 Å². The molecule has 0 saturated carbocycles. The molecule has 2 heterocycles. The second-order valence-electron chi connectivity index (χ2n) is 2.81. The predicted octanol–water partition coefficient (Wildman–Crippen LogP) is 4.12. The van der Waals surface area contributed by atoms with Crippen LogP contribution < -0.4 is 0 Å². The van der Waals surface area contributed by atoms with Gasteiger partial charge < -0.3 is 8.94 Å². The van der Waals surface area contributed by atoms with Crippen LogP contribution in [0.15, 0.2) is 31.7 Å². The molecule has 0 bridgehead atoms. The van der Waals surface area contributed by atoms with Gasteiger partial charge >= 0.3 is 0 Å². The van der Waals surface area contributed by atoms with Gasteiger partial charge in [-0.1, -0.05) is 5.16 Å². The van der Waals surface area contributed by atoms with E-state index < -0.39 is 0 Å². The maximum absolute atomic E-state index is 5.65. The fourth-order valence-electron chi connectivity index (χ4n) is 1.04. The van der Waals surface area contributed by atoms with E-state index in [9.17, 15) is 0 Å². The molecule has 0 saturated heterocycles. The van der Waals surface area contributed by atoms with Crippen molar-refractivity contribution < 1.29 is 8.94 Å². The standard InChI is InChI=1S/C9H7BrClNO2S/c10-8-3-7(14-12-8)5-15-4-6-1-2-9(11)13-6/h1-3H,4-5H2. The van der Waals surface area contributed by atoms with Crippen LogP contribution in [0.5, 0.6) is 0 Å². The maximum Gasteiger partial charge on any atom is 0.193 e. The van der Waals surface area contributed by atoms with E-state index in [-0.39, 0.29) is 0 Å². The van der Waals surface area contributed by atoms with Crippen molar-refractivity contribution >= 4 is 39.3 Å². The minimum absolute atomic E-state index is 0.424. The molecular weight excluding hydrogens is 302 g/mol. The van der Waals surface area contributed by atoms with Crippen LogP contribution in [0.2, 0.25) is 5.22 Å². The Labute approximate surface area is 104 Å². The van der Waals surface area contributed by atoms with Crippen molar-refractivity contribution in [2.75, 3.05) is 0 Å². The van der Waals surface area contributed by atoms with Gasteiger partial charge in [0.1, 0.15) is 16.1 Å². The van der Waals surface area contributed by atoms with Gasteiger partial charge in [-0.05, 0) is 39.7 Å². The first kappa shape index (κ1) is 11.1. The summed E-state index contributed by atoms with van der Waals surface area (Å²) in [7, 11) is 0. The molecule has 0 aromatic carbocycles. The fraction of sp³-hybridized carbons (Fsp3) is 0.222. The Hall–Kier alpha value is -0.390. The molecule has 2 rings (SSSR count). The Morgan fingerprint density at radius 3 is 2.73 bits per heavy atom. The molecule has 0 N–H and O–H groups in total. The molecular formula is C9H7BrClNO2S. The molecule has 0 aliphatic rings. The van der Waals surface area contributed by atoms with Crippen molar-refractivity contribution in [2.45, 2.75) is 11.5 Å². The van der Waals surface area contributed by atoms with Gasteiger partial charge in [0.2, 0.25) is 0 Å². The zero-order valence-corrected chi connectivity index (χ0v) is 10.7. The lowest BCUT2D eigenvalue weighted by Gasteiger charge is -1.94. The zero-order chi connectivity index (χ0) is 10.7. The van der Waals surface area contributed by atoms with Crippen LogP contribution in [0.1, 0.15) is 11.5 Å². The lowest BCUT2D eigenvalue weighted by atomic mass is 10.5. The molecule has 3 nitrogen and oxygen atoms in total. The topological polar surface area (TPSA) is 39.2 Å². The minimum atomic E-state index is 0.424. The lowest BCUT2D eigenvalue weighted by molar-refractivity contribution is 0.391. The van der Waals surface area contributed by atoms with E-state index in [0.717, 1.165) is 27.6 Å². The summed E-state index contributed by atoms with van der Waals surface area (Å²) in [4.78, 5) is 0. The summed E-state index contributed by atoms with van der Waals surface area (Å²) in [5.74, 6) is 3.23. The van der Waals surface area contributed by atoms with E-state index in [2.05, 4.69) is 21.1 Å². The summed E-state index contributed by atoms with van der Waals surface area (Å²) in [6.07, 6.45) is 0. The molecule has 0 aliphatic heterocycles. The average Bonchev–Trinajstić information content (AvgIpc) is 2.76. The molecule has 0 radical (unpaired) electrons. The molecule has 0 aliphatic carbocycles. The number of furan rings is 1. The first-order valence-corrected chi connectivity index (χ1v) is 6.49. The van der Waals surface area contributed by atoms with Crippen LogP contribution in [0, 0.1) is 0 Å². The smallest absolute Gasteiger partial charge is 0.193 e. The van der Waals surface area contributed by atoms with E-state index in [4.69, 9.17) is 20.5 Å². The number of hydrogen-bond acceptors (Lipinski definition) is 4. The van der Waals surface area contributed by atoms with Crippen LogP contribution in [0.25, 0.3) is 0 Å². The number of halogens is 2. The van der Waals surface area contributed by atoms with Crippen LogP contribution in [-0.2, 0) is 11.5 Å². The van der Waals surface area contributed by atoms with Gasteiger partial charge in [0.25, 0.3) is 0 Å². The molecule has 2 aromatic rings. The summed E-state index contributed by atoms with van der Waals surface area (Å²) in [6.45, 7) is 0. The van der Waals surface area contributed by atoms with Gasteiger partial charge in [0.15, 0.2) is 5.22 Å². The van der Waals surface area contributed by atoms with Gasteiger partial charge in [0, 0.05) is 6.07 Å². The van der Waals surface area contributed by atoms with Crippen molar-refractivity contribution in [3.8, 4) is 0 Å². The predicted molar refractivity (Wildman–Crippen MR) is 62.9 cm³/mol. The molecule has 0 atom stereocenters. The number of hydrogen-bond donors (Lipinski definition) is 0. The second-order valence-corrected chi connectivity index (χ2v) is 4.99. The molecule has 0 fully saturated rings. The van der Waals surface area contributed by atoms with Crippen LogP contribution in [0.3, 0.4) is 0 Å². The highest BCUT2D eigenvalue weighted by molar-refractivity contribution is 9.10. The van der Waals surface area contributed by atoms with Crippen LogP contribution in [0.4, 0.5) is 0 Å². The lowest BCUT2D eigenvalue weighted by Crippen LogP contribution is -1.78. The Morgan fingerprint density at radius 1 is 1.33 bits per heavy atom. The zero-order valence-electron chi connectivity index (χ0n) is 7.57. The van der Waals surface area contributed by atoms with E-state index >= 15 is 0 Å². The quantitative estimate of drug-likeness (QED) is 0.852. The van der Waals surface area contributed by atoms with Gasteiger partial charge in [-0.15, -0.1) is 11.8 Å². The highest BCUT2D eigenvalue weighted by Gasteiger charge is 2.04. The Morgan fingerprint density at radius 2 is 2.13 bits per heavy atom. The largest absolute Gasteiger partial charge is 0.449 e. The molecule has 80 valence electrons. The van der Waals surface area contributed by atoms with E-state index in [1.54, 1.807) is 17.8 Å². The SMILES string of the molecule is Clc1ccc(CSCc2cc(Br)no2)o1. The average molecular weight is 309 g/mol. The minimum Gasteiger partial charge on any atom is -0.449 e. The number of aromatic nitrogens is 1. The molecule has 0 amide bonds. The molecule has 0 spiro atoms. The maximum atomic E-state index is 5.65. The third-order valence-corrected chi connectivity index (χ3v) is 3.20. The van der Waals surface area contributed by atoms with Crippen molar-refractivity contribution in [2.24, 2.45) is 0 Å². The molecule has 6 heteroatoms. The summed E-state index contributed by atoms with van der Waals surface area (Å²) in [5, 5.41) is 4.15. The summed E-state index contributed by atoms with van der Waals surface area (Å²) < 4.78 is 11.0. The summed E-state index contributed by atoms with van der Waals surface area (Å²) in [6, 6.07) is 5.45. The van der Waals surface area contributed by atoms with Crippen molar-refractivity contribution in [1.82, 2.24) is 5.16 Å². The number of nitrogens with zero attached hydrogens (tertiary/aromatic N) is 1. The van der Waals surface area contributed by atoms with Gasteiger partial charge in [0.05, 0.1) is 11.5 Å². The van der Waals surface area contributed by atoms with Gasteiger partial charge in [-0.2, -0.15) is 0 Å². The number of rotatable bonds is 4. The Kier molecular flexibility index (Phi) is 3.77. The van der Waals surface area contributed by atoms with E-state index in [1.165, 1.54) is 0 Å². The molecule has 2 aromatic heterocycles. The first-order chi connectivity index (χ1) is 7.24. The van der Waals surface area contributed by atoms with E-state index in [1.807, 2.05) is 12.1 Å². The Bertz CT molecular complexity index is 403.